The van der Waals surface area contributed by atoms with Gasteiger partial charge >= 0.3 is 0 Å². The van der Waals surface area contributed by atoms with Crippen molar-refractivity contribution >= 4 is 11.8 Å². The van der Waals surface area contributed by atoms with Crippen molar-refractivity contribution in [2.24, 2.45) is 11.5 Å². The van der Waals surface area contributed by atoms with E-state index < -0.39 is 17.9 Å². The lowest BCUT2D eigenvalue weighted by Crippen LogP contribution is -2.42. The number of nitrogens with one attached hydrogen (secondary N) is 1. The Morgan fingerprint density at radius 3 is 2.36 bits per heavy atom. The molecule has 0 heterocycles. The maximum Gasteiger partial charge on any atom is 0.234 e. The summed E-state index contributed by atoms with van der Waals surface area (Å²) in [5.41, 5.74) is 11.0. The van der Waals surface area contributed by atoms with Crippen LogP contribution in [-0.2, 0) is 9.59 Å². The minimum atomic E-state index is -0.515. The lowest BCUT2D eigenvalue weighted by atomic mass is 10.1. The average Bonchev–Trinajstić information content (AvgIpc) is 2.02. The van der Waals surface area contributed by atoms with E-state index in [1.807, 2.05) is 6.92 Å². The molecule has 0 bridgehead atoms. The Balaban J connectivity index is 3.96. The summed E-state index contributed by atoms with van der Waals surface area (Å²) in [6, 6.07) is -0.515. The van der Waals surface area contributed by atoms with Crippen LogP contribution < -0.4 is 16.8 Å². The van der Waals surface area contributed by atoms with E-state index >= 15 is 0 Å². The van der Waals surface area contributed by atoms with E-state index in [1.165, 1.54) is 0 Å². The minimum absolute atomic E-state index is 0.150. The molecule has 80 valence electrons. The fourth-order valence-electron chi connectivity index (χ4n) is 0.929. The van der Waals surface area contributed by atoms with Gasteiger partial charge in [0, 0.05) is 13.0 Å². The molecule has 0 radical (unpaired) electrons. The first-order valence-electron chi connectivity index (χ1n) is 4.39. The number of rotatable bonds is 7. The summed E-state index contributed by atoms with van der Waals surface area (Å²) in [4.78, 5) is 21.4. The topological polar surface area (TPSA) is 98.2 Å². The van der Waals surface area contributed by atoms with Crippen LogP contribution in [0.3, 0.4) is 0 Å². The van der Waals surface area contributed by atoms with Gasteiger partial charge in [-0.3, -0.25) is 9.59 Å². The van der Waals surface area contributed by atoms with E-state index in [-0.39, 0.29) is 6.42 Å². The fraction of sp³-hybridized carbons (Fsp3) is 0.556. The van der Waals surface area contributed by atoms with Gasteiger partial charge < -0.3 is 16.8 Å². The third kappa shape index (κ3) is 6.19. The molecule has 0 spiro atoms. The van der Waals surface area contributed by atoms with E-state index in [0.717, 1.165) is 5.57 Å². The number of hydrogen-bond acceptors (Lipinski definition) is 3. The zero-order chi connectivity index (χ0) is 11.1. The van der Waals surface area contributed by atoms with Crippen molar-refractivity contribution in [2.75, 3.05) is 6.54 Å². The van der Waals surface area contributed by atoms with Crippen LogP contribution >= 0.6 is 0 Å². The van der Waals surface area contributed by atoms with Crippen LogP contribution in [0.5, 0.6) is 0 Å². The van der Waals surface area contributed by atoms with Gasteiger partial charge in [0.2, 0.25) is 11.8 Å². The molecule has 0 aliphatic carbocycles. The van der Waals surface area contributed by atoms with Gasteiger partial charge in [-0.05, 0) is 13.3 Å². The van der Waals surface area contributed by atoms with Gasteiger partial charge in [-0.25, -0.2) is 0 Å². The first kappa shape index (κ1) is 12.6. The molecule has 0 aromatic carbocycles. The number of nitrogens with two attached hydrogens (primary N) is 2. The Bertz CT molecular complexity index is 220. The molecule has 0 fully saturated rings. The predicted molar refractivity (Wildman–Crippen MR) is 54.2 cm³/mol. The number of hydrogen-bond donors (Lipinski definition) is 3. The molecule has 1 unspecified atom stereocenters. The number of carbonyl (C=O) groups is 2. The molecular weight excluding hydrogens is 182 g/mol. The van der Waals surface area contributed by atoms with Gasteiger partial charge in [-0.15, -0.1) is 0 Å². The summed E-state index contributed by atoms with van der Waals surface area (Å²) in [5, 5.41) is 2.89. The summed E-state index contributed by atoms with van der Waals surface area (Å²) < 4.78 is 0. The molecule has 0 aliphatic rings. The van der Waals surface area contributed by atoms with Crippen LogP contribution in [0, 0.1) is 0 Å². The Morgan fingerprint density at radius 1 is 1.43 bits per heavy atom. The molecule has 0 saturated carbocycles. The van der Waals surface area contributed by atoms with Gasteiger partial charge in [0.1, 0.15) is 0 Å². The largest absolute Gasteiger partial charge is 0.370 e. The first-order chi connectivity index (χ1) is 6.43. The van der Waals surface area contributed by atoms with Crippen LogP contribution in [0.15, 0.2) is 12.2 Å². The SMILES string of the molecule is C=C(C)CNC(CCC(N)=O)C(N)=O. The zero-order valence-electron chi connectivity index (χ0n) is 8.38. The fourth-order valence-corrected chi connectivity index (χ4v) is 0.929. The van der Waals surface area contributed by atoms with Crippen molar-refractivity contribution < 1.29 is 9.59 Å². The van der Waals surface area contributed by atoms with Crippen LogP contribution in [-0.4, -0.2) is 24.4 Å². The molecule has 2 amide bonds. The molecule has 5 nitrogen and oxygen atoms in total. The molecule has 5 heteroatoms. The Morgan fingerprint density at radius 2 is 2.00 bits per heavy atom. The molecule has 1 atom stereocenters. The normalized spacial score (nSPS) is 12.1. The summed E-state index contributed by atoms with van der Waals surface area (Å²) in [5.74, 6) is -0.916. The van der Waals surface area contributed by atoms with E-state index in [4.69, 9.17) is 11.5 Å². The highest BCUT2D eigenvalue weighted by Gasteiger charge is 2.14. The van der Waals surface area contributed by atoms with E-state index in [2.05, 4.69) is 11.9 Å². The Labute approximate surface area is 83.5 Å². The molecular formula is C9H17N3O2. The summed E-state index contributed by atoms with van der Waals surface area (Å²) in [6.45, 7) is 6.01. The number of amides is 2. The number of primary amides is 2. The molecule has 0 rings (SSSR count). The minimum Gasteiger partial charge on any atom is -0.370 e. The smallest absolute Gasteiger partial charge is 0.234 e. The number of carbonyl (C=O) groups excluding carboxylic acids is 2. The first-order valence-corrected chi connectivity index (χ1v) is 4.39. The van der Waals surface area contributed by atoms with Crippen molar-refractivity contribution in [3.05, 3.63) is 12.2 Å². The van der Waals surface area contributed by atoms with Gasteiger partial charge in [-0.1, -0.05) is 12.2 Å². The second kappa shape index (κ2) is 6.15. The molecule has 5 N–H and O–H groups in total. The van der Waals surface area contributed by atoms with Crippen LogP contribution in [0.2, 0.25) is 0 Å². The second-order valence-corrected chi connectivity index (χ2v) is 3.30. The van der Waals surface area contributed by atoms with E-state index in [1.54, 1.807) is 0 Å². The van der Waals surface area contributed by atoms with Crippen molar-refractivity contribution in [1.82, 2.24) is 5.32 Å². The highest BCUT2D eigenvalue weighted by molar-refractivity contribution is 5.81. The van der Waals surface area contributed by atoms with E-state index in [9.17, 15) is 9.59 Å². The summed E-state index contributed by atoms with van der Waals surface area (Å²) in [6.07, 6.45) is 0.481. The zero-order valence-corrected chi connectivity index (χ0v) is 8.38. The maximum absolute atomic E-state index is 10.9. The second-order valence-electron chi connectivity index (χ2n) is 3.30. The molecule has 0 saturated heterocycles. The van der Waals surface area contributed by atoms with Crippen LogP contribution in [0.4, 0.5) is 0 Å². The third-order valence-corrected chi connectivity index (χ3v) is 1.67. The van der Waals surface area contributed by atoms with Gasteiger partial charge in [0.25, 0.3) is 0 Å². The summed E-state index contributed by atoms with van der Waals surface area (Å²) in [7, 11) is 0. The maximum atomic E-state index is 10.9. The quantitative estimate of drug-likeness (QED) is 0.471. The third-order valence-electron chi connectivity index (χ3n) is 1.67. The van der Waals surface area contributed by atoms with Gasteiger partial charge in [-0.2, -0.15) is 0 Å². The van der Waals surface area contributed by atoms with E-state index in [0.29, 0.717) is 13.0 Å². The van der Waals surface area contributed by atoms with Gasteiger partial charge in [0.05, 0.1) is 6.04 Å². The lowest BCUT2D eigenvalue weighted by Gasteiger charge is -2.14. The highest BCUT2D eigenvalue weighted by atomic mass is 16.1. The monoisotopic (exact) mass is 199 g/mol. The Hall–Kier alpha value is -1.36. The van der Waals surface area contributed by atoms with Crippen molar-refractivity contribution in [3.8, 4) is 0 Å². The average molecular weight is 199 g/mol. The standard InChI is InChI=1S/C9H17N3O2/c1-6(2)5-12-7(9(11)14)3-4-8(10)13/h7,12H,1,3-5H2,2H3,(H2,10,13)(H2,11,14). The van der Waals surface area contributed by atoms with Crippen molar-refractivity contribution in [2.45, 2.75) is 25.8 Å². The van der Waals surface area contributed by atoms with Crippen LogP contribution in [0.25, 0.3) is 0 Å². The van der Waals surface area contributed by atoms with Crippen LogP contribution in [0.1, 0.15) is 19.8 Å². The molecule has 0 aromatic rings. The molecule has 0 aromatic heterocycles. The van der Waals surface area contributed by atoms with Gasteiger partial charge in [0.15, 0.2) is 0 Å². The molecule has 0 aliphatic heterocycles. The van der Waals surface area contributed by atoms with Crippen molar-refractivity contribution in [3.63, 3.8) is 0 Å². The highest BCUT2D eigenvalue weighted by Crippen LogP contribution is 1.97. The lowest BCUT2D eigenvalue weighted by molar-refractivity contribution is -0.120. The Kier molecular flexibility index (Phi) is 5.55. The van der Waals surface area contributed by atoms with Crippen molar-refractivity contribution in [1.29, 1.82) is 0 Å². The predicted octanol–water partition coefficient (Wildman–Crippen LogP) is -0.728. The summed E-state index contributed by atoms with van der Waals surface area (Å²) >= 11 is 0. The molecule has 14 heavy (non-hydrogen) atoms.